The van der Waals surface area contributed by atoms with Gasteiger partial charge in [0.25, 0.3) is 5.91 Å². The average Bonchev–Trinajstić information content (AvgIpc) is 3.44. The molecule has 254 valence electrons. The van der Waals surface area contributed by atoms with Crippen molar-refractivity contribution in [1.82, 2.24) is 18.5 Å². The highest BCUT2D eigenvalue weighted by Crippen LogP contribution is 2.64. The molecule has 2 unspecified atom stereocenters. The first-order valence-corrected chi connectivity index (χ1v) is 19.8. The Morgan fingerprint density at radius 1 is 1.02 bits per heavy atom. The summed E-state index contributed by atoms with van der Waals surface area (Å²) in [4.78, 5) is 15.5. The minimum absolute atomic E-state index is 0.167. The summed E-state index contributed by atoms with van der Waals surface area (Å²) < 4.78 is 65.6. The Morgan fingerprint density at radius 2 is 1.77 bits per heavy atom. The van der Waals surface area contributed by atoms with E-state index in [-0.39, 0.29) is 24.1 Å². The number of aromatic nitrogens is 1. The number of benzene rings is 2. The van der Waals surface area contributed by atoms with Crippen molar-refractivity contribution in [3.8, 4) is 17.0 Å². The number of hydrogen-bond acceptors (Lipinski definition) is 7. The highest BCUT2D eigenvalue weighted by atomic mass is 32.2. The van der Waals surface area contributed by atoms with Crippen molar-refractivity contribution in [2.45, 2.75) is 93.2 Å². The van der Waals surface area contributed by atoms with E-state index in [1.807, 2.05) is 32.3 Å². The molecule has 2 aliphatic heterocycles. The molecule has 10 nitrogen and oxygen atoms in total. The number of ether oxygens (including phenoxy) is 1. The van der Waals surface area contributed by atoms with E-state index >= 15 is 0 Å². The normalized spacial score (nSPS) is 25.0. The molecular weight excluding hydrogens is 637 g/mol. The molecule has 7 rings (SSSR count). The van der Waals surface area contributed by atoms with Gasteiger partial charge in [0.1, 0.15) is 10.5 Å². The lowest BCUT2D eigenvalue weighted by molar-refractivity contribution is 0.0981. The van der Waals surface area contributed by atoms with E-state index in [1.54, 1.807) is 23.5 Å². The van der Waals surface area contributed by atoms with Gasteiger partial charge < -0.3 is 14.2 Å². The second kappa shape index (κ2) is 11.6. The number of hydrogen-bond donors (Lipinski definition) is 1. The maximum atomic E-state index is 14.8. The number of fused-ring (bicyclic) bond motifs is 7. The van der Waals surface area contributed by atoms with Gasteiger partial charge in [0.2, 0.25) is 20.0 Å². The highest BCUT2D eigenvalue weighted by Gasteiger charge is 2.68. The first-order chi connectivity index (χ1) is 22.3. The Morgan fingerprint density at radius 3 is 2.43 bits per heavy atom. The minimum atomic E-state index is -3.84. The van der Waals surface area contributed by atoms with Crippen LogP contribution < -0.4 is 9.46 Å². The molecule has 3 fully saturated rings. The zero-order chi connectivity index (χ0) is 33.5. The van der Waals surface area contributed by atoms with Crippen LogP contribution in [0.3, 0.4) is 0 Å². The van der Waals surface area contributed by atoms with Gasteiger partial charge in [-0.15, -0.1) is 0 Å². The van der Waals surface area contributed by atoms with Crippen molar-refractivity contribution in [3.63, 3.8) is 0 Å². The van der Waals surface area contributed by atoms with E-state index in [0.29, 0.717) is 31.2 Å². The SMILES string of the molecule is COc1ccc2c(c1)C1CC1(S(=O)(=O)N1CC[C@@H](N(C)C)C1)Cn1c-2c(C2CCCCC2)c2ccc(C(=O)NS(=O)(=O)C(C)C)cc21. The number of carbonyl (C=O) groups is 1. The largest absolute Gasteiger partial charge is 0.497 e. The van der Waals surface area contributed by atoms with Crippen LogP contribution in [0.2, 0.25) is 0 Å². The van der Waals surface area contributed by atoms with Crippen LogP contribution in [0.15, 0.2) is 36.4 Å². The monoisotopic (exact) mass is 682 g/mol. The van der Waals surface area contributed by atoms with E-state index in [4.69, 9.17) is 4.74 Å². The van der Waals surface area contributed by atoms with Gasteiger partial charge in [-0.25, -0.2) is 21.6 Å². The van der Waals surface area contributed by atoms with Crippen LogP contribution in [0.4, 0.5) is 0 Å². The number of methoxy groups -OCH3 is 1. The van der Waals surface area contributed by atoms with E-state index < -0.39 is 36.0 Å². The maximum Gasteiger partial charge on any atom is 0.264 e. The van der Waals surface area contributed by atoms with Gasteiger partial charge >= 0.3 is 0 Å². The molecule has 0 spiro atoms. The Labute approximate surface area is 278 Å². The summed E-state index contributed by atoms with van der Waals surface area (Å²) in [5.41, 5.74) is 5.24. The third kappa shape index (κ3) is 5.21. The molecule has 1 N–H and O–H groups in total. The summed E-state index contributed by atoms with van der Waals surface area (Å²) in [7, 11) is -1.95. The molecule has 2 aliphatic carbocycles. The first-order valence-electron chi connectivity index (χ1n) is 16.9. The predicted molar refractivity (Wildman–Crippen MR) is 184 cm³/mol. The van der Waals surface area contributed by atoms with E-state index in [2.05, 4.69) is 20.3 Å². The molecule has 0 bridgehead atoms. The number of sulfonamides is 2. The Bertz CT molecular complexity index is 1960. The summed E-state index contributed by atoms with van der Waals surface area (Å²) in [6.45, 7) is 4.28. The quantitative estimate of drug-likeness (QED) is 0.354. The molecule has 3 heterocycles. The highest BCUT2D eigenvalue weighted by molar-refractivity contribution is 7.91. The van der Waals surface area contributed by atoms with Gasteiger partial charge in [-0.1, -0.05) is 25.3 Å². The second-order valence-corrected chi connectivity index (χ2v) is 19.0. The Kier molecular flexibility index (Phi) is 8.05. The lowest BCUT2D eigenvalue weighted by atomic mass is 9.81. The lowest BCUT2D eigenvalue weighted by Gasteiger charge is -2.27. The molecule has 1 saturated heterocycles. The molecule has 1 amide bonds. The first kappa shape index (κ1) is 32.6. The molecular formula is C35H46N4O6S2. The number of nitrogens with one attached hydrogen (secondary N) is 1. The van der Waals surface area contributed by atoms with Gasteiger partial charge in [0.05, 0.1) is 18.1 Å². The third-order valence-corrected chi connectivity index (χ3v) is 15.6. The number of carbonyl (C=O) groups excluding carboxylic acids is 1. The van der Waals surface area contributed by atoms with Gasteiger partial charge in [0.15, 0.2) is 0 Å². The van der Waals surface area contributed by atoms with E-state index in [9.17, 15) is 21.6 Å². The molecule has 3 atom stereocenters. The fourth-order valence-corrected chi connectivity index (χ4v) is 11.3. The van der Waals surface area contributed by atoms with Crippen LogP contribution in [-0.4, -0.2) is 86.8 Å². The summed E-state index contributed by atoms with van der Waals surface area (Å²) in [6, 6.07) is 11.6. The van der Waals surface area contributed by atoms with Crippen molar-refractivity contribution < 1.29 is 26.4 Å². The van der Waals surface area contributed by atoms with Crippen LogP contribution >= 0.6 is 0 Å². The van der Waals surface area contributed by atoms with Crippen LogP contribution in [0.5, 0.6) is 5.75 Å². The zero-order valence-corrected chi connectivity index (χ0v) is 29.6. The third-order valence-electron chi connectivity index (χ3n) is 11.3. The molecule has 3 aromatic rings. The average molecular weight is 683 g/mol. The Balaban J connectivity index is 1.45. The topological polar surface area (TPSA) is 118 Å². The zero-order valence-electron chi connectivity index (χ0n) is 28.0. The summed E-state index contributed by atoms with van der Waals surface area (Å²) in [6.07, 6.45) is 6.83. The standard InChI is InChI=1S/C35H46N4O6S2/c1-22(2)46(41,42)36-34(40)24-11-13-28-31(17-24)39-21-35(47(43,44)38-16-15-25(20-38)37(3)4)19-30(35)29-18-26(45-5)12-14-27(29)33(39)32(28)23-9-7-6-8-10-23/h11-14,17-18,22-23,25,30H,6-10,15-16,19-21H2,1-5H3,(H,36,40)/t25-,30?,35?/m1/s1. The van der Waals surface area contributed by atoms with Crippen molar-refractivity contribution in [1.29, 1.82) is 0 Å². The van der Waals surface area contributed by atoms with Gasteiger partial charge in [-0.3, -0.25) is 4.79 Å². The Hall–Kier alpha value is -2.93. The van der Waals surface area contributed by atoms with Crippen molar-refractivity contribution in [3.05, 3.63) is 53.1 Å². The van der Waals surface area contributed by atoms with Gasteiger partial charge in [-0.05, 0) is 101 Å². The number of amides is 1. The molecule has 2 saturated carbocycles. The van der Waals surface area contributed by atoms with Crippen LogP contribution in [-0.2, 0) is 26.6 Å². The second-order valence-electron chi connectivity index (χ2n) is 14.5. The van der Waals surface area contributed by atoms with Crippen molar-refractivity contribution >= 4 is 36.9 Å². The summed E-state index contributed by atoms with van der Waals surface area (Å²) in [5, 5.41) is 0.234. The smallest absolute Gasteiger partial charge is 0.264 e. The van der Waals surface area contributed by atoms with Crippen molar-refractivity contribution in [2.75, 3.05) is 34.3 Å². The van der Waals surface area contributed by atoms with Crippen LogP contribution in [0.1, 0.15) is 92.1 Å². The molecule has 12 heteroatoms. The lowest BCUT2D eigenvalue weighted by Crippen LogP contribution is -2.43. The molecule has 4 aliphatic rings. The van der Waals surface area contributed by atoms with E-state index in [1.165, 1.54) is 25.8 Å². The summed E-state index contributed by atoms with van der Waals surface area (Å²) in [5.74, 6) is 0.102. The predicted octanol–water partition coefficient (Wildman–Crippen LogP) is 5.04. The molecule has 2 aromatic carbocycles. The fourth-order valence-electron chi connectivity index (χ4n) is 8.35. The number of nitrogens with zero attached hydrogens (tertiary/aromatic N) is 3. The van der Waals surface area contributed by atoms with Gasteiger partial charge in [-0.2, -0.15) is 4.31 Å². The van der Waals surface area contributed by atoms with Crippen LogP contribution in [0, 0.1) is 0 Å². The van der Waals surface area contributed by atoms with Crippen molar-refractivity contribution in [2.24, 2.45) is 0 Å². The van der Waals surface area contributed by atoms with Crippen LogP contribution in [0.25, 0.3) is 22.2 Å². The maximum absolute atomic E-state index is 14.8. The minimum Gasteiger partial charge on any atom is -0.497 e. The van der Waals surface area contributed by atoms with Gasteiger partial charge in [0, 0.05) is 53.6 Å². The molecule has 47 heavy (non-hydrogen) atoms. The number of likely N-dealkylation sites (N-methyl/N-ethyl adjacent to an activating group) is 1. The summed E-state index contributed by atoms with van der Waals surface area (Å²) >= 11 is 0. The fraction of sp³-hybridized carbons (Fsp3) is 0.571. The van der Waals surface area contributed by atoms with E-state index in [0.717, 1.165) is 59.8 Å². The number of rotatable bonds is 8. The molecule has 0 radical (unpaired) electrons. The molecule has 1 aromatic heterocycles.